The van der Waals surface area contributed by atoms with E-state index < -0.39 is 0 Å². The predicted octanol–water partition coefficient (Wildman–Crippen LogP) is 3.13. The molecule has 0 aromatic carbocycles. The fraction of sp³-hybridized carbons (Fsp3) is 0.647. The lowest BCUT2D eigenvalue weighted by atomic mass is 9.85. The molecule has 128 valence electrons. The summed E-state index contributed by atoms with van der Waals surface area (Å²) in [6, 6.07) is -0.0437. The normalized spacial score (nSPS) is 22.2. The minimum absolute atomic E-state index is 0.0437. The Morgan fingerprint density at radius 1 is 1.21 bits per heavy atom. The zero-order chi connectivity index (χ0) is 16.5. The largest absolute Gasteiger partial charge is 0.330 e. The maximum Gasteiger partial charge on any atom is 0.257 e. The van der Waals surface area contributed by atoms with Crippen molar-refractivity contribution in [3.63, 3.8) is 0 Å². The molecule has 2 aromatic rings. The number of rotatable bonds is 3. The summed E-state index contributed by atoms with van der Waals surface area (Å²) in [5.41, 5.74) is 3.28. The summed E-state index contributed by atoms with van der Waals surface area (Å²) in [6.07, 6.45) is 9.59. The van der Waals surface area contributed by atoms with Gasteiger partial charge in [0.1, 0.15) is 11.4 Å². The average molecular weight is 329 g/mol. The van der Waals surface area contributed by atoms with Crippen molar-refractivity contribution in [1.29, 1.82) is 0 Å². The Hall–Kier alpha value is -2.18. The number of carbonyl (C=O) groups excluding carboxylic acids is 1. The maximum absolute atomic E-state index is 13.2. The van der Waals surface area contributed by atoms with E-state index >= 15 is 0 Å². The van der Waals surface area contributed by atoms with Crippen molar-refractivity contribution < 1.29 is 9.42 Å². The Labute approximate surface area is 140 Å². The number of nitrogens with one attached hydrogen (secondary N) is 1. The summed E-state index contributed by atoms with van der Waals surface area (Å²) >= 11 is 0. The van der Waals surface area contributed by atoms with Crippen LogP contribution in [0.3, 0.4) is 0 Å². The van der Waals surface area contributed by atoms with Gasteiger partial charge in [-0.25, -0.2) is 4.63 Å². The van der Waals surface area contributed by atoms with Crippen molar-refractivity contribution in [3.05, 3.63) is 28.8 Å². The number of aryl methyl sites for hydroxylation is 1. The van der Waals surface area contributed by atoms with Gasteiger partial charge >= 0.3 is 0 Å². The van der Waals surface area contributed by atoms with Crippen molar-refractivity contribution in [3.8, 4) is 0 Å². The summed E-state index contributed by atoms with van der Waals surface area (Å²) in [5, 5.41) is 15.2. The molecular weight excluding hydrogens is 306 g/mol. The Balaban J connectivity index is 1.59. The molecule has 7 heteroatoms. The third kappa shape index (κ3) is 2.61. The minimum atomic E-state index is -0.0437. The number of aromatic amines is 1. The van der Waals surface area contributed by atoms with Gasteiger partial charge in [-0.2, -0.15) is 5.10 Å². The van der Waals surface area contributed by atoms with Gasteiger partial charge in [-0.1, -0.05) is 29.6 Å². The molecule has 0 bridgehead atoms. The highest BCUT2D eigenvalue weighted by atomic mass is 16.6. The summed E-state index contributed by atoms with van der Waals surface area (Å²) in [5.74, 6) is 0.478. The first-order chi connectivity index (χ1) is 11.8. The van der Waals surface area contributed by atoms with Gasteiger partial charge in [0.25, 0.3) is 5.91 Å². The molecular formula is C17H23N5O2. The van der Waals surface area contributed by atoms with Crippen LogP contribution in [0, 0.1) is 6.92 Å². The smallest absolute Gasteiger partial charge is 0.257 e. The number of aromatic nitrogens is 4. The molecule has 1 N–H and O–H groups in total. The zero-order valence-corrected chi connectivity index (χ0v) is 14.0. The summed E-state index contributed by atoms with van der Waals surface area (Å²) in [7, 11) is 0. The van der Waals surface area contributed by atoms with Gasteiger partial charge in [-0.3, -0.25) is 9.89 Å². The van der Waals surface area contributed by atoms with E-state index in [9.17, 15) is 4.79 Å². The van der Waals surface area contributed by atoms with Gasteiger partial charge in [-0.05, 0) is 32.6 Å². The standard InChI is InChI=1S/C17H23N5O2/c1-11-15(21-24-20-11)14-8-5-9-22(14)17(23)13-10-18-19-16(13)12-6-3-2-4-7-12/h10,12,14H,2-9H2,1H3,(H,18,19). The van der Waals surface area contributed by atoms with E-state index in [1.54, 1.807) is 6.20 Å². The van der Waals surface area contributed by atoms with E-state index in [1.165, 1.54) is 19.3 Å². The SMILES string of the molecule is Cc1nonc1C1CCCN1C(=O)c1cn[nH]c1C1CCCCC1. The average Bonchev–Trinajstić information content (AvgIpc) is 3.34. The van der Waals surface area contributed by atoms with Crippen LogP contribution < -0.4 is 0 Å². The van der Waals surface area contributed by atoms with Gasteiger partial charge in [0.2, 0.25) is 0 Å². The third-order valence-corrected chi connectivity index (χ3v) is 5.43. The molecule has 24 heavy (non-hydrogen) atoms. The quantitative estimate of drug-likeness (QED) is 0.934. The number of hydrogen-bond acceptors (Lipinski definition) is 5. The fourth-order valence-electron chi connectivity index (χ4n) is 4.16. The first-order valence-electron chi connectivity index (χ1n) is 8.89. The second kappa shape index (κ2) is 6.37. The molecule has 1 amide bonds. The van der Waals surface area contributed by atoms with Crippen LogP contribution in [-0.2, 0) is 0 Å². The highest BCUT2D eigenvalue weighted by Gasteiger charge is 2.36. The first-order valence-corrected chi connectivity index (χ1v) is 8.89. The molecule has 1 aliphatic heterocycles. The molecule has 1 saturated heterocycles. The monoisotopic (exact) mass is 329 g/mol. The Morgan fingerprint density at radius 2 is 2.04 bits per heavy atom. The molecule has 0 radical (unpaired) electrons. The van der Waals surface area contributed by atoms with Crippen LogP contribution in [0.1, 0.15) is 84.3 Å². The van der Waals surface area contributed by atoms with E-state index in [0.717, 1.165) is 54.9 Å². The second-order valence-corrected chi connectivity index (χ2v) is 6.92. The van der Waals surface area contributed by atoms with Crippen LogP contribution in [0.4, 0.5) is 0 Å². The van der Waals surface area contributed by atoms with Crippen LogP contribution in [0.15, 0.2) is 10.8 Å². The number of hydrogen-bond donors (Lipinski definition) is 1. The molecule has 7 nitrogen and oxygen atoms in total. The zero-order valence-electron chi connectivity index (χ0n) is 14.0. The van der Waals surface area contributed by atoms with E-state index in [-0.39, 0.29) is 11.9 Å². The summed E-state index contributed by atoms with van der Waals surface area (Å²) in [4.78, 5) is 15.1. The molecule has 4 rings (SSSR count). The molecule has 2 aliphatic rings. The van der Waals surface area contributed by atoms with Crippen LogP contribution >= 0.6 is 0 Å². The molecule has 0 spiro atoms. The van der Waals surface area contributed by atoms with Crippen LogP contribution in [0.5, 0.6) is 0 Å². The number of nitrogens with zero attached hydrogens (tertiary/aromatic N) is 4. The van der Waals surface area contributed by atoms with Crippen molar-refractivity contribution in [2.75, 3.05) is 6.54 Å². The van der Waals surface area contributed by atoms with Crippen molar-refractivity contribution in [2.24, 2.45) is 0 Å². The van der Waals surface area contributed by atoms with Crippen molar-refractivity contribution in [1.82, 2.24) is 25.4 Å². The van der Waals surface area contributed by atoms with Gasteiger partial charge in [0.05, 0.1) is 23.5 Å². The molecule has 1 atom stereocenters. The molecule has 3 heterocycles. The van der Waals surface area contributed by atoms with Crippen molar-refractivity contribution in [2.45, 2.75) is 63.8 Å². The Morgan fingerprint density at radius 3 is 2.79 bits per heavy atom. The number of amides is 1. The van der Waals surface area contributed by atoms with Gasteiger partial charge in [0, 0.05) is 12.5 Å². The van der Waals surface area contributed by atoms with Crippen LogP contribution in [-0.4, -0.2) is 37.9 Å². The summed E-state index contributed by atoms with van der Waals surface area (Å²) in [6.45, 7) is 2.61. The van der Waals surface area contributed by atoms with Crippen LogP contribution in [0.25, 0.3) is 0 Å². The third-order valence-electron chi connectivity index (χ3n) is 5.43. The highest BCUT2D eigenvalue weighted by molar-refractivity contribution is 5.95. The molecule has 1 unspecified atom stereocenters. The lowest BCUT2D eigenvalue weighted by Gasteiger charge is -2.25. The Bertz CT molecular complexity index is 716. The maximum atomic E-state index is 13.2. The summed E-state index contributed by atoms with van der Waals surface area (Å²) < 4.78 is 4.84. The van der Waals surface area contributed by atoms with Crippen LogP contribution in [0.2, 0.25) is 0 Å². The number of likely N-dealkylation sites (tertiary alicyclic amines) is 1. The number of carbonyl (C=O) groups is 1. The molecule has 2 fully saturated rings. The van der Waals surface area contributed by atoms with E-state index in [1.807, 2.05) is 11.8 Å². The first kappa shape index (κ1) is 15.4. The van der Waals surface area contributed by atoms with Gasteiger partial charge in [-0.15, -0.1) is 0 Å². The molecule has 1 saturated carbocycles. The molecule has 1 aliphatic carbocycles. The van der Waals surface area contributed by atoms with E-state index in [0.29, 0.717) is 5.92 Å². The predicted molar refractivity (Wildman–Crippen MR) is 86.5 cm³/mol. The van der Waals surface area contributed by atoms with E-state index in [4.69, 9.17) is 4.63 Å². The second-order valence-electron chi connectivity index (χ2n) is 6.92. The van der Waals surface area contributed by atoms with E-state index in [2.05, 4.69) is 20.5 Å². The molecule has 2 aromatic heterocycles. The minimum Gasteiger partial charge on any atom is -0.330 e. The lowest BCUT2D eigenvalue weighted by Crippen LogP contribution is -2.31. The van der Waals surface area contributed by atoms with Crippen molar-refractivity contribution >= 4 is 5.91 Å². The highest BCUT2D eigenvalue weighted by Crippen LogP contribution is 2.37. The fourth-order valence-corrected chi connectivity index (χ4v) is 4.16. The van der Waals surface area contributed by atoms with Gasteiger partial charge < -0.3 is 4.90 Å². The topological polar surface area (TPSA) is 87.9 Å². The lowest BCUT2D eigenvalue weighted by molar-refractivity contribution is 0.0728. The number of H-pyrrole nitrogens is 1. The van der Waals surface area contributed by atoms with Gasteiger partial charge in [0.15, 0.2) is 0 Å². The Kier molecular flexibility index (Phi) is 4.08.